The van der Waals surface area contributed by atoms with Crippen molar-refractivity contribution in [3.05, 3.63) is 0 Å². The third-order valence-electron chi connectivity index (χ3n) is 2.72. The summed E-state index contributed by atoms with van der Waals surface area (Å²) in [6, 6.07) is -0.0880. The fraction of sp³-hybridized carbons (Fsp3) is 0.900. The Kier molecular flexibility index (Phi) is 4.75. The first kappa shape index (κ1) is 11.9. The van der Waals surface area contributed by atoms with Crippen LogP contribution in [0, 0.1) is 0 Å². The van der Waals surface area contributed by atoms with E-state index in [0.717, 1.165) is 18.8 Å². The van der Waals surface area contributed by atoms with Crippen molar-refractivity contribution in [2.45, 2.75) is 31.6 Å². The van der Waals surface area contributed by atoms with Crippen LogP contribution in [0.25, 0.3) is 0 Å². The third kappa shape index (κ3) is 2.89. The SMILES string of the molecule is CCC1CN(C(C)C(=O)OC)CCS1. The first-order chi connectivity index (χ1) is 6.69. The molecule has 4 heteroatoms. The lowest BCUT2D eigenvalue weighted by Crippen LogP contribution is -2.46. The average Bonchev–Trinajstić information content (AvgIpc) is 2.27. The maximum atomic E-state index is 11.3. The van der Waals surface area contributed by atoms with Crippen LogP contribution in [0.5, 0.6) is 0 Å². The fourth-order valence-electron chi connectivity index (χ4n) is 1.66. The lowest BCUT2D eigenvalue weighted by atomic mass is 10.2. The van der Waals surface area contributed by atoms with Crippen molar-refractivity contribution in [2.75, 3.05) is 26.0 Å². The zero-order chi connectivity index (χ0) is 10.6. The molecule has 2 unspecified atom stereocenters. The summed E-state index contributed by atoms with van der Waals surface area (Å²) in [7, 11) is 1.45. The highest BCUT2D eigenvalue weighted by Crippen LogP contribution is 2.22. The Bertz CT molecular complexity index is 199. The minimum absolute atomic E-state index is 0.0880. The van der Waals surface area contributed by atoms with Gasteiger partial charge in [-0.15, -0.1) is 0 Å². The number of nitrogens with zero attached hydrogens (tertiary/aromatic N) is 1. The molecule has 1 aliphatic heterocycles. The predicted molar refractivity (Wildman–Crippen MR) is 59.6 cm³/mol. The van der Waals surface area contributed by atoms with Crippen LogP contribution in [0.3, 0.4) is 0 Å². The van der Waals surface area contributed by atoms with E-state index in [-0.39, 0.29) is 12.0 Å². The monoisotopic (exact) mass is 217 g/mol. The Morgan fingerprint density at radius 1 is 1.71 bits per heavy atom. The molecule has 0 aromatic rings. The van der Waals surface area contributed by atoms with Crippen LogP contribution >= 0.6 is 11.8 Å². The van der Waals surface area contributed by atoms with Crippen LogP contribution in [0.2, 0.25) is 0 Å². The summed E-state index contributed by atoms with van der Waals surface area (Å²) in [5.41, 5.74) is 0. The summed E-state index contributed by atoms with van der Waals surface area (Å²) in [4.78, 5) is 13.6. The molecular formula is C10H19NO2S. The summed E-state index contributed by atoms with van der Waals surface area (Å²) in [6.07, 6.45) is 1.18. The van der Waals surface area contributed by atoms with Crippen molar-refractivity contribution in [1.82, 2.24) is 4.90 Å². The smallest absolute Gasteiger partial charge is 0.322 e. The van der Waals surface area contributed by atoms with Crippen molar-refractivity contribution in [3.63, 3.8) is 0 Å². The fourth-order valence-corrected chi connectivity index (χ4v) is 2.87. The second kappa shape index (κ2) is 5.61. The van der Waals surface area contributed by atoms with Crippen LogP contribution in [-0.4, -0.2) is 48.1 Å². The Balaban J connectivity index is 2.46. The van der Waals surface area contributed by atoms with Gasteiger partial charge in [-0.1, -0.05) is 6.92 Å². The second-order valence-electron chi connectivity index (χ2n) is 3.60. The second-order valence-corrected chi connectivity index (χ2v) is 5.00. The molecule has 2 atom stereocenters. The molecule has 3 nitrogen and oxygen atoms in total. The van der Waals surface area contributed by atoms with Crippen molar-refractivity contribution in [3.8, 4) is 0 Å². The molecule has 1 fully saturated rings. The number of ether oxygens (including phenoxy) is 1. The molecule has 0 aliphatic carbocycles. The highest BCUT2D eigenvalue weighted by molar-refractivity contribution is 8.00. The minimum atomic E-state index is -0.119. The van der Waals surface area contributed by atoms with Gasteiger partial charge in [-0.25, -0.2) is 0 Å². The lowest BCUT2D eigenvalue weighted by Gasteiger charge is -2.34. The van der Waals surface area contributed by atoms with Gasteiger partial charge in [0.25, 0.3) is 0 Å². The first-order valence-electron chi connectivity index (χ1n) is 5.12. The van der Waals surface area contributed by atoms with Crippen LogP contribution < -0.4 is 0 Å². The molecule has 0 radical (unpaired) electrons. The van der Waals surface area contributed by atoms with Gasteiger partial charge >= 0.3 is 5.97 Å². The zero-order valence-corrected chi connectivity index (χ0v) is 9.97. The molecule has 0 spiro atoms. The van der Waals surface area contributed by atoms with E-state index in [1.54, 1.807) is 0 Å². The summed E-state index contributed by atoms with van der Waals surface area (Å²) in [6.45, 7) is 6.13. The molecule has 1 aliphatic rings. The van der Waals surface area contributed by atoms with Gasteiger partial charge in [0.15, 0.2) is 0 Å². The maximum absolute atomic E-state index is 11.3. The number of carbonyl (C=O) groups excluding carboxylic acids is 1. The highest BCUT2D eigenvalue weighted by Gasteiger charge is 2.27. The number of hydrogen-bond acceptors (Lipinski definition) is 4. The molecule has 14 heavy (non-hydrogen) atoms. The van der Waals surface area contributed by atoms with E-state index in [0.29, 0.717) is 5.25 Å². The molecule has 0 amide bonds. The number of methoxy groups -OCH3 is 1. The molecular weight excluding hydrogens is 198 g/mol. The van der Waals surface area contributed by atoms with E-state index < -0.39 is 0 Å². The van der Waals surface area contributed by atoms with E-state index in [1.165, 1.54) is 13.5 Å². The predicted octanol–water partition coefficient (Wildman–Crippen LogP) is 1.38. The van der Waals surface area contributed by atoms with Gasteiger partial charge in [0.2, 0.25) is 0 Å². The van der Waals surface area contributed by atoms with E-state index in [2.05, 4.69) is 11.8 Å². The van der Waals surface area contributed by atoms with Crippen molar-refractivity contribution < 1.29 is 9.53 Å². The lowest BCUT2D eigenvalue weighted by molar-refractivity contribution is -0.146. The van der Waals surface area contributed by atoms with Crippen molar-refractivity contribution in [1.29, 1.82) is 0 Å². The molecule has 82 valence electrons. The van der Waals surface area contributed by atoms with Gasteiger partial charge in [-0.05, 0) is 13.3 Å². The quantitative estimate of drug-likeness (QED) is 0.668. The number of hydrogen-bond donors (Lipinski definition) is 0. The Morgan fingerprint density at radius 2 is 2.43 bits per heavy atom. The van der Waals surface area contributed by atoms with Gasteiger partial charge in [0.1, 0.15) is 6.04 Å². The molecule has 1 rings (SSSR count). The maximum Gasteiger partial charge on any atom is 0.322 e. The van der Waals surface area contributed by atoms with Crippen molar-refractivity contribution in [2.24, 2.45) is 0 Å². The topological polar surface area (TPSA) is 29.5 Å². The molecule has 0 saturated carbocycles. The molecule has 0 aromatic heterocycles. The Labute approximate surface area is 90.2 Å². The van der Waals surface area contributed by atoms with Crippen LogP contribution in [0.4, 0.5) is 0 Å². The molecule has 0 bridgehead atoms. The van der Waals surface area contributed by atoms with E-state index in [1.807, 2.05) is 18.7 Å². The van der Waals surface area contributed by atoms with Gasteiger partial charge < -0.3 is 4.74 Å². The van der Waals surface area contributed by atoms with E-state index >= 15 is 0 Å². The van der Waals surface area contributed by atoms with Crippen molar-refractivity contribution >= 4 is 17.7 Å². The molecule has 0 N–H and O–H groups in total. The Hall–Kier alpha value is -0.220. The number of rotatable bonds is 3. The van der Waals surface area contributed by atoms with Gasteiger partial charge in [-0.3, -0.25) is 9.69 Å². The van der Waals surface area contributed by atoms with Crippen LogP contribution in [0.1, 0.15) is 20.3 Å². The summed E-state index contributed by atoms with van der Waals surface area (Å²) < 4.78 is 4.75. The summed E-state index contributed by atoms with van der Waals surface area (Å²) in [5, 5.41) is 0.677. The van der Waals surface area contributed by atoms with Gasteiger partial charge in [0.05, 0.1) is 7.11 Å². The molecule has 1 saturated heterocycles. The standard InChI is InChI=1S/C10H19NO2S/c1-4-9-7-11(5-6-14-9)8(2)10(12)13-3/h8-9H,4-7H2,1-3H3. The normalized spacial score (nSPS) is 25.8. The largest absolute Gasteiger partial charge is 0.468 e. The zero-order valence-electron chi connectivity index (χ0n) is 9.16. The summed E-state index contributed by atoms with van der Waals surface area (Å²) in [5.74, 6) is 1.01. The van der Waals surface area contributed by atoms with Gasteiger partial charge in [-0.2, -0.15) is 11.8 Å². The van der Waals surface area contributed by atoms with E-state index in [9.17, 15) is 4.79 Å². The van der Waals surface area contributed by atoms with Crippen LogP contribution in [0.15, 0.2) is 0 Å². The Morgan fingerprint density at radius 3 is 3.00 bits per heavy atom. The molecule has 1 heterocycles. The third-order valence-corrected chi connectivity index (χ3v) is 4.09. The van der Waals surface area contributed by atoms with Crippen LogP contribution in [-0.2, 0) is 9.53 Å². The highest BCUT2D eigenvalue weighted by atomic mass is 32.2. The van der Waals surface area contributed by atoms with Gasteiger partial charge in [0, 0.05) is 24.1 Å². The number of thioether (sulfide) groups is 1. The van der Waals surface area contributed by atoms with E-state index in [4.69, 9.17) is 4.74 Å². The number of esters is 1. The first-order valence-corrected chi connectivity index (χ1v) is 6.17. The average molecular weight is 217 g/mol. The minimum Gasteiger partial charge on any atom is -0.468 e. The molecule has 0 aromatic carbocycles. The summed E-state index contributed by atoms with van der Waals surface area (Å²) >= 11 is 2.01. The number of carbonyl (C=O) groups is 1.